The standard InChI is InChI=1S/C23H26BrFN2O4/c1-3-31-20-13-16(10-7-14(20)2)26-22(28)15-8-11-17(12-9-15)27(30)23(29)18-5-4-6-19(24)21(18)25/h4-7,10,13,15,17,30H,3,8-9,11-12H2,1-2H3,(H,26,28). The van der Waals surface area contributed by atoms with Gasteiger partial charge in [-0.15, -0.1) is 0 Å². The molecule has 3 rings (SSSR count). The number of benzene rings is 2. The number of nitrogens with one attached hydrogen (secondary N) is 1. The molecule has 8 heteroatoms. The van der Waals surface area contributed by atoms with Crippen LogP contribution >= 0.6 is 15.9 Å². The largest absolute Gasteiger partial charge is 0.494 e. The smallest absolute Gasteiger partial charge is 0.280 e. The molecule has 1 aliphatic rings. The van der Waals surface area contributed by atoms with E-state index < -0.39 is 17.8 Å². The van der Waals surface area contributed by atoms with Crippen LogP contribution in [0.3, 0.4) is 0 Å². The fourth-order valence-electron chi connectivity index (χ4n) is 3.77. The summed E-state index contributed by atoms with van der Waals surface area (Å²) in [5, 5.41) is 13.9. The van der Waals surface area contributed by atoms with Gasteiger partial charge in [-0.2, -0.15) is 0 Å². The van der Waals surface area contributed by atoms with Crippen molar-refractivity contribution >= 4 is 33.4 Å². The lowest BCUT2D eigenvalue weighted by molar-refractivity contribution is -0.124. The molecule has 0 aliphatic heterocycles. The molecule has 2 N–H and O–H groups in total. The molecule has 0 aromatic heterocycles. The molecule has 0 bridgehead atoms. The summed E-state index contributed by atoms with van der Waals surface area (Å²) in [7, 11) is 0. The van der Waals surface area contributed by atoms with Crippen LogP contribution in [0.1, 0.15) is 48.5 Å². The van der Waals surface area contributed by atoms with Gasteiger partial charge in [0.25, 0.3) is 5.91 Å². The van der Waals surface area contributed by atoms with Gasteiger partial charge < -0.3 is 10.1 Å². The maximum Gasteiger partial charge on any atom is 0.280 e. The second kappa shape index (κ2) is 10.2. The van der Waals surface area contributed by atoms with Gasteiger partial charge in [0.15, 0.2) is 0 Å². The molecule has 0 saturated heterocycles. The first kappa shape index (κ1) is 23.2. The maximum atomic E-state index is 14.2. The maximum absolute atomic E-state index is 14.2. The lowest BCUT2D eigenvalue weighted by Gasteiger charge is -2.32. The number of hydrogen-bond donors (Lipinski definition) is 2. The molecule has 31 heavy (non-hydrogen) atoms. The Balaban J connectivity index is 1.57. The normalized spacial score (nSPS) is 18.4. The molecule has 6 nitrogen and oxygen atoms in total. The van der Waals surface area contributed by atoms with E-state index in [4.69, 9.17) is 4.74 Å². The Morgan fingerprint density at radius 1 is 1.23 bits per heavy atom. The van der Waals surface area contributed by atoms with Crippen LogP contribution in [0.15, 0.2) is 40.9 Å². The van der Waals surface area contributed by atoms with E-state index in [1.165, 1.54) is 18.2 Å². The minimum Gasteiger partial charge on any atom is -0.494 e. The second-order valence-electron chi connectivity index (χ2n) is 7.66. The van der Waals surface area contributed by atoms with E-state index in [9.17, 15) is 19.2 Å². The zero-order chi connectivity index (χ0) is 22.5. The number of nitrogens with zero attached hydrogens (tertiary/aromatic N) is 1. The first-order valence-corrected chi connectivity index (χ1v) is 11.1. The van der Waals surface area contributed by atoms with E-state index in [1.54, 1.807) is 0 Å². The Kier molecular flexibility index (Phi) is 7.67. The van der Waals surface area contributed by atoms with Gasteiger partial charge in [-0.25, -0.2) is 9.45 Å². The second-order valence-corrected chi connectivity index (χ2v) is 8.51. The molecule has 0 heterocycles. The van der Waals surface area contributed by atoms with Crippen molar-refractivity contribution in [2.24, 2.45) is 5.92 Å². The Hall–Kier alpha value is -2.45. The third-order valence-electron chi connectivity index (χ3n) is 5.56. The van der Waals surface area contributed by atoms with Crippen molar-refractivity contribution < 1.29 is 23.9 Å². The molecule has 166 valence electrons. The predicted octanol–water partition coefficient (Wildman–Crippen LogP) is 5.32. The summed E-state index contributed by atoms with van der Waals surface area (Å²) >= 11 is 3.05. The quantitative estimate of drug-likeness (QED) is 0.422. The number of rotatable bonds is 6. The number of hydrogen-bond acceptors (Lipinski definition) is 4. The third-order valence-corrected chi connectivity index (χ3v) is 6.17. The van der Waals surface area contributed by atoms with E-state index in [0.29, 0.717) is 43.0 Å². The highest BCUT2D eigenvalue weighted by Crippen LogP contribution is 2.30. The predicted molar refractivity (Wildman–Crippen MR) is 119 cm³/mol. The Morgan fingerprint density at radius 2 is 1.94 bits per heavy atom. The van der Waals surface area contributed by atoms with E-state index in [-0.39, 0.29) is 21.9 Å². The summed E-state index contributed by atoms with van der Waals surface area (Å²) < 4.78 is 19.9. The number of anilines is 1. The molecular weight excluding hydrogens is 467 g/mol. The zero-order valence-electron chi connectivity index (χ0n) is 17.5. The highest BCUT2D eigenvalue weighted by atomic mass is 79.9. The average molecular weight is 493 g/mol. The monoisotopic (exact) mass is 492 g/mol. The molecule has 0 unspecified atom stereocenters. The molecule has 1 saturated carbocycles. The van der Waals surface area contributed by atoms with Crippen molar-refractivity contribution in [3.05, 3.63) is 57.8 Å². The van der Waals surface area contributed by atoms with Crippen molar-refractivity contribution in [2.75, 3.05) is 11.9 Å². The fourth-order valence-corrected chi connectivity index (χ4v) is 4.14. The van der Waals surface area contributed by atoms with Crippen LogP contribution in [-0.4, -0.2) is 34.7 Å². The lowest BCUT2D eigenvalue weighted by Crippen LogP contribution is -2.41. The Labute approximate surface area is 189 Å². The lowest BCUT2D eigenvalue weighted by atomic mass is 9.85. The summed E-state index contributed by atoms with van der Waals surface area (Å²) in [6.07, 6.45) is 1.94. The molecule has 0 spiro atoms. The highest BCUT2D eigenvalue weighted by molar-refractivity contribution is 9.10. The molecule has 1 aliphatic carbocycles. The molecule has 0 radical (unpaired) electrons. The van der Waals surface area contributed by atoms with Crippen LogP contribution in [0.4, 0.5) is 10.1 Å². The van der Waals surface area contributed by atoms with Crippen molar-refractivity contribution in [3.8, 4) is 5.75 Å². The minimum absolute atomic E-state index is 0.0985. The molecule has 1 fully saturated rings. The van der Waals surface area contributed by atoms with Crippen molar-refractivity contribution in [1.82, 2.24) is 5.06 Å². The van der Waals surface area contributed by atoms with Crippen molar-refractivity contribution in [3.63, 3.8) is 0 Å². The van der Waals surface area contributed by atoms with Gasteiger partial charge in [-0.3, -0.25) is 14.8 Å². The van der Waals surface area contributed by atoms with Gasteiger partial charge in [0.1, 0.15) is 11.6 Å². The van der Waals surface area contributed by atoms with Gasteiger partial charge in [-0.1, -0.05) is 12.1 Å². The molecule has 2 amide bonds. The Bertz CT molecular complexity index is 961. The number of ether oxygens (including phenoxy) is 1. The molecule has 2 aromatic carbocycles. The van der Waals surface area contributed by atoms with Crippen molar-refractivity contribution in [2.45, 2.75) is 45.6 Å². The third kappa shape index (κ3) is 5.43. The molecular formula is C23H26BrFN2O4. The van der Waals surface area contributed by atoms with Crippen molar-refractivity contribution in [1.29, 1.82) is 0 Å². The zero-order valence-corrected chi connectivity index (χ0v) is 19.1. The molecule has 2 aromatic rings. The number of amides is 2. The number of aryl methyl sites for hydroxylation is 1. The fraction of sp³-hybridized carbons (Fsp3) is 0.391. The van der Waals surface area contributed by atoms with E-state index in [2.05, 4.69) is 21.2 Å². The summed E-state index contributed by atoms with van der Waals surface area (Å²) in [5.41, 5.74) is 1.47. The van der Waals surface area contributed by atoms with E-state index >= 15 is 0 Å². The van der Waals surface area contributed by atoms with E-state index in [1.807, 2.05) is 32.0 Å². The van der Waals surface area contributed by atoms with Gasteiger partial charge in [0.05, 0.1) is 22.7 Å². The van der Waals surface area contributed by atoms with Gasteiger partial charge >= 0.3 is 0 Å². The number of halogens is 2. The van der Waals surface area contributed by atoms with Gasteiger partial charge in [0, 0.05) is 17.7 Å². The van der Waals surface area contributed by atoms with Crippen LogP contribution in [0, 0.1) is 18.7 Å². The topological polar surface area (TPSA) is 78.9 Å². The van der Waals surface area contributed by atoms with Crippen LogP contribution in [0.5, 0.6) is 5.75 Å². The summed E-state index contributed by atoms with van der Waals surface area (Å²) in [6.45, 7) is 4.39. The van der Waals surface area contributed by atoms with Crippen LogP contribution in [-0.2, 0) is 4.79 Å². The van der Waals surface area contributed by atoms with Crippen LogP contribution in [0.25, 0.3) is 0 Å². The van der Waals surface area contributed by atoms with Gasteiger partial charge in [0.2, 0.25) is 5.91 Å². The number of carbonyl (C=O) groups is 2. The van der Waals surface area contributed by atoms with E-state index in [0.717, 1.165) is 11.3 Å². The van der Waals surface area contributed by atoms with Gasteiger partial charge in [-0.05, 0) is 79.2 Å². The minimum atomic E-state index is -0.783. The average Bonchev–Trinajstić information content (AvgIpc) is 2.77. The summed E-state index contributed by atoms with van der Waals surface area (Å²) in [4.78, 5) is 25.2. The summed E-state index contributed by atoms with van der Waals surface area (Å²) in [5.74, 6) is -1.07. The summed E-state index contributed by atoms with van der Waals surface area (Å²) in [6, 6.07) is 9.45. The highest BCUT2D eigenvalue weighted by Gasteiger charge is 2.32. The first-order valence-electron chi connectivity index (χ1n) is 10.3. The SMILES string of the molecule is CCOc1cc(NC(=O)C2CCC(N(O)C(=O)c3cccc(Br)c3F)CC2)ccc1C. The van der Waals surface area contributed by atoms with Crippen LogP contribution in [0.2, 0.25) is 0 Å². The Morgan fingerprint density at radius 3 is 2.61 bits per heavy atom. The number of carbonyl (C=O) groups excluding carboxylic acids is 2. The first-order chi connectivity index (χ1) is 14.8. The molecule has 0 atom stereocenters. The number of hydroxylamine groups is 2. The van der Waals surface area contributed by atoms with Crippen LogP contribution < -0.4 is 10.1 Å².